The van der Waals surface area contributed by atoms with Gasteiger partial charge in [0.15, 0.2) is 0 Å². The van der Waals surface area contributed by atoms with Gasteiger partial charge in [-0.05, 0) is 12.1 Å². The summed E-state index contributed by atoms with van der Waals surface area (Å²) in [5.74, 6) is -0.126. The number of carbonyl (C=O) groups excluding carboxylic acids is 1. The van der Waals surface area contributed by atoms with E-state index in [9.17, 15) is 4.79 Å². The quantitative estimate of drug-likeness (QED) is 0.710. The molecule has 1 amide bonds. The van der Waals surface area contributed by atoms with Crippen LogP contribution in [0.15, 0.2) is 18.2 Å². The Morgan fingerprint density at radius 1 is 1.33 bits per heavy atom. The number of halogens is 1. The van der Waals surface area contributed by atoms with Gasteiger partial charge in [0.25, 0.3) is 5.91 Å². The van der Waals surface area contributed by atoms with Gasteiger partial charge in [-0.1, -0.05) is 17.7 Å². The van der Waals surface area contributed by atoms with Crippen LogP contribution in [0.1, 0.15) is 10.4 Å². The number of carbonyl (C=O) groups is 1. The van der Waals surface area contributed by atoms with Crippen molar-refractivity contribution < 1.29 is 19.6 Å². The molecule has 0 atom stereocenters. The van der Waals surface area contributed by atoms with Crippen molar-refractivity contribution in [3.05, 3.63) is 28.8 Å². The predicted octanol–water partition coefficient (Wildman–Crippen LogP) is -0.508. The first kappa shape index (κ1) is 13.4. The fraction of sp³-hybridized carbons (Fsp3) is 0.364. The van der Waals surface area contributed by atoms with Crippen molar-refractivity contribution >= 4 is 30.1 Å². The highest BCUT2D eigenvalue weighted by atomic mass is 35.5. The average Bonchev–Trinajstić information content (AvgIpc) is 2.38. The molecule has 0 radical (unpaired) electrons. The first-order chi connectivity index (χ1) is 8.59. The monoisotopic (exact) mass is 269 g/mol. The van der Waals surface area contributed by atoms with E-state index in [0.29, 0.717) is 31.9 Å². The second-order valence-electron chi connectivity index (χ2n) is 4.01. The average molecular weight is 269 g/mol. The Morgan fingerprint density at radius 2 is 2.00 bits per heavy atom. The van der Waals surface area contributed by atoms with Gasteiger partial charge in [0.1, 0.15) is 0 Å². The van der Waals surface area contributed by atoms with Gasteiger partial charge in [-0.2, -0.15) is 0 Å². The summed E-state index contributed by atoms with van der Waals surface area (Å²) in [7, 11) is -1.63. The number of nitrogens with zero attached hydrogens (tertiary/aromatic N) is 1. The van der Waals surface area contributed by atoms with E-state index in [1.54, 1.807) is 11.0 Å². The number of hydrogen-bond donors (Lipinski definition) is 2. The van der Waals surface area contributed by atoms with E-state index in [1.807, 2.05) is 0 Å². The van der Waals surface area contributed by atoms with Crippen LogP contribution in [0.2, 0.25) is 5.02 Å². The molecule has 1 aliphatic heterocycles. The third-order valence-corrected chi connectivity index (χ3v) is 3.15. The van der Waals surface area contributed by atoms with Gasteiger partial charge in [-0.3, -0.25) is 4.79 Å². The Labute approximate surface area is 110 Å². The fourth-order valence-electron chi connectivity index (χ4n) is 1.82. The van der Waals surface area contributed by atoms with Crippen LogP contribution < -0.4 is 5.46 Å². The number of morpholine rings is 1. The van der Waals surface area contributed by atoms with E-state index in [1.165, 1.54) is 12.1 Å². The number of hydrogen-bond acceptors (Lipinski definition) is 4. The highest BCUT2D eigenvalue weighted by Crippen LogP contribution is 2.12. The second kappa shape index (κ2) is 5.71. The lowest BCUT2D eigenvalue weighted by Crippen LogP contribution is -2.41. The molecular formula is C11H13BClNO4. The van der Waals surface area contributed by atoms with Crippen LogP contribution >= 0.6 is 11.6 Å². The molecule has 1 heterocycles. The Morgan fingerprint density at radius 3 is 2.56 bits per heavy atom. The number of benzene rings is 1. The maximum Gasteiger partial charge on any atom is 0.489 e. The highest BCUT2D eigenvalue weighted by Gasteiger charge is 2.21. The molecule has 1 aromatic carbocycles. The van der Waals surface area contributed by atoms with Crippen molar-refractivity contribution in [1.82, 2.24) is 4.90 Å². The largest absolute Gasteiger partial charge is 0.489 e. The molecule has 0 aromatic heterocycles. The minimum atomic E-state index is -1.63. The Bertz CT molecular complexity index is 449. The zero-order chi connectivity index (χ0) is 13.1. The van der Waals surface area contributed by atoms with Crippen LogP contribution in [0.5, 0.6) is 0 Å². The predicted molar refractivity (Wildman–Crippen MR) is 68.0 cm³/mol. The van der Waals surface area contributed by atoms with Gasteiger partial charge in [-0.15, -0.1) is 0 Å². The SMILES string of the molecule is O=C(c1ccc(B(O)O)c(Cl)c1)N1CCOCC1. The van der Waals surface area contributed by atoms with Gasteiger partial charge < -0.3 is 19.7 Å². The van der Waals surface area contributed by atoms with Crippen molar-refractivity contribution in [3.63, 3.8) is 0 Å². The van der Waals surface area contributed by atoms with Crippen molar-refractivity contribution in [1.29, 1.82) is 0 Å². The van der Waals surface area contributed by atoms with Crippen LogP contribution in [0.4, 0.5) is 0 Å². The molecule has 7 heteroatoms. The van der Waals surface area contributed by atoms with Crippen molar-refractivity contribution in [2.45, 2.75) is 0 Å². The normalized spacial score (nSPS) is 15.6. The van der Waals surface area contributed by atoms with E-state index in [2.05, 4.69) is 0 Å². The topological polar surface area (TPSA) is 70.0 Å². The van der Waals surface area contributed by atoms with E-state index in [-0.39, 0.29) is 16.4 Å². The molecule has 0 unspecified atom stereocenters. The molecule has 0 bridgehead atoms. The molecule has 0 saturated carbocycles. The van der Waals surface area contributed by atoms with E-state index in [0.717, 1.165) is 0 Å². The lowest BCUT2D eigenvalue weighted by Gasteiger charge is -2.27. The molecule has 5 nitrogen and oxygen atoms in total. The van der Waals surface area contributed by atoms with Crippen LogP contribution in [-0.2, 0) is 4.74 Å². The first-order valence-electron chi connectivity index (χ1n) is 5.62. The molecule has 1 fully saturated rings. The Balaban J connectivity index is 2.18. The molecule has 1 saturated heterocycles. The molecular weight excluding hydrogens is 256 g/mol. The van der Waals surface area contributed by atoms with Gasteiger partial charge in [0, 0.05) is 29.1 Å². The first-order valence-corrected chi connectivity index (χ1v) is 6.00. The van der Waals surface area contributed by atoms with Gasteiger partial charge in [0.2, 0.25) is 0 Å². The van der Waals surface area contributed by atoms with E-state index < -0.39 is 7.12 Å². The van der Waals surface area contributed by atoms with Crippen LogP contribution in [-0.4, -0.2) is 54.3 Å². The number of amides is 1. The summed E-state index contributed by atoms with van der Waals surface area (Å²) in [6, 6.07) is 4.44. The third-order valence-electron chi connectivity index (χ3n) is 2.82. The maximum absolute atomic E-state index is 12.1. The Hall–Kier alpha value is -1.08. The molecule has 96 valence electrons. The standard InChI is InChI=1S/C11H13BClNO4/c13-10-7-8(1-2-9(10)12(16)17)11(15)14-3-5-18-6-4-14/h1-2,7,16-17H,3-6H2. The minimum absolute atomic E-state index is 0.126. The second-order valence-corrected chi connectivity index (χ2v) is 4.42. The molecule has 0 aliphatic carbocycles. The van der Waals surface area contributed by atoms with E-state index in [4.69, 9.17) is 26.4 Å². The van der Waals surface area contributed by atoms with Gasteiger partial charge >= 0.3 is 7.12 Å². The summed E-state index contributed by atoms with van der Waals surface area (Å²) in [6.45, 7) is 2.18. The maximum atomic E-state index is 12.1. The van der Waals surface area contributed by atoms with Crippen LogP contribution in [0.3, 0.4) is 0 Å². The summed E-state index contributed by atoms with van der Waals surface area (Å²) in [4.78, 5) is 13.8. The summed E-state index contributed by atoms with van der Waals surface area (Å²) >= 11 is 5.89. The lowest BCUT2D eigenvalue weighted by molar-refractivity contribution is 0.0303. The third kappa shape index (κ3) is 2.84. The summed E-state index contributed by atoms with van der Waals surface area (Å²) in [6.07, 6.45) is 0. The minimum Gasteiger partial charge on any atom is -0.423 e. The molecule has 18 heavy (non-hydrogen) atoms. The summed E-state index contributed by atoms with van der Waals surface area (Å²) in [5.41, 5.74) is 0.626. The number of rotatable bonds is 2. The van der Waals surface area contributed by atoms with Crippen molar-refractivity contribution in [2.24, 2.45) is 0 Å². The van der Waals surface area contributed by atoms with Gasteiger partial charge in [-0.25, -0.2) is 0 Å². The molecule has 0 spiro atoms. The Kier molecular flexibility index (Phi) is 4.24. The molecule has 2 N–H and O–H groups in total. The summed E-state index contributed by atoms with van der Waals surface area (Å²) in [5, 5.41) is 18.3. The van der Waals surface area contributed by atoms with E-state index >= 15 is 0 Å². The molecule has 1 aromatic rings. The van der Waals surface area contributed by atoms with Crippen LogP contribution in [0, 0.1) is 0 Å². The van der Waals surface area contributed by atoms with Gasteiger partial charge in [0.05, 0.1) is 13.2 Å². The summed E-state index contributed by atoms with van der Waals surface area (Å²) < 4.78 is 5.17. The molecule has 2 rings (SSSR count). The number of ether oxygens (including phenoxy) is 1. The zero-order valence-corrected chi connectivity index (χ0v) is 10.4. The molecule has 1 aliphatic rings. The zero-order valence-electron chi connectivity index (χ0n) is 9.67. The smallest absolute Gasteiger partial charge is 0.423 e. The van der Waals surface area contributed by atoms with Crippen molar-refractivity contribution in [2.75, 3.05) is 26.3 Å². The van der Waals surface area contributed by atoms with Crippen LogP contribution in [0.25, 0.3) is 0 Å². The fourth-order valence-corrected chi connectivity index (χ4v) is 2.10. The lowest BCUT2D eigenvalue weighted by atomic mass is 9.80. The van der Waals surface area contributed by atoms with Crippen molar-refractivity contribution in [3.8, 4) is 0 Å². The highest BCUT2D eigenvalue weighted by molar-refractivity contribution is 6.62.